The fourth-order valence-electron chi connectivity index (χ4n) is 3.86. The molecule has 0 saturated carbocycles. The molecule has 2 aromatic rings. The van der Waals surface area contributed by atoms with Gasteiger partial charge in [-0.1, -0.05) is 13.0 Å². The number of nitrogens with one attached hydrogen (secondary N) is 1. The van der Waals surface area contributed by atoms with Crippen molar-refractivity contribution in [1.82, 2.24) is 4.98 Å². The predicted octanol–water partition coefficient (Wildman–Crippen LogP) is 4.00. The number of halogens is 6. The summed E-state index contributed by atoms with van der Waals surface area (Å²) in [6.07, 6.45) is -5.66. The molecule has 7 nitrogen and oxygen atoms in total. The van der Waals surface area contributed by atoms with Crippen molar-refractivity contribution in [3.63, 3.8) is 0 Å². The number of benzene rings is 1. The van der Waals surface area contributed by atoms with Gasteiger partial charge in [-0.25, -0.2) is 4.39 Å². The van der Waals surface area contributed by atoms with E-state index >= 15 is 0 Å². The molecule has 2 amide bonds. The average molecular weight is 491 g/mol. The smallest absolute Gasteiger partial charge is 0.417 e. The van der Waals surface area contributed by atoms with Crippen molar-refractivity contribution < 1.29 is 45.4 Å². The Morgan fingerprint density at radius 2 is 1.91 bits per heavy atom. The van der Waals surface area contributed by atoms with Gasteiger partial charge in [-0.05, 0) is 25.1 Å². The maximum Gasteiger partial charge on any atom is 0.417 e. The summed E-state index contributed by atoms with van der Waals surface area (Å²) in [5.74, 6) is -6.62. The van der Waals surface area contributed by atoms with Gasteiger partial charge in [0.15, 0.2) is 5.60 Å². The predicted molar refractivity (Wildman–Crippen MR) is 106 cm³/mol. The lowest BCUT2D eigenvalue weighted by molar-refractivity contribution is -0.272. The summed E-state index contributed by atoms with van der Waals surface area (Å²) in [4.78, 5) is 28.0. The SMILES string of the molecule is CC1C(c2ccc(F)cc2OC(F)F)C(C(=O)Nc2ccnc(C(N)=O)c2)OC1(C)C(F)(F)F. The Bertz CT molecular complexity index is 1100. The second kappa shape index (κ2) is 9.12. The van der Waals surface area contributed by atoms with Crippen molar-refractivity contribution in [3.05, 3.63) is 53.6 Å². The van der Waals surface area contributed by atoms with Crippen LogP contribution in [0.2, 0.25) is 0 Å². The molecule has 4 unspecified atom stereocenters. The van der Waals surface area contributed by atoms with Gasteiger partial charge in [0.2, 0.25) is 0 Å². The van der Waals surface area contributed by atoms with Crippen molar-refractivity contribution in [2.24, 2.45) is 11.7 Å². The summed E-state index contributed by atoms with van der Waals surface area (Å²) in [5, 5.41) is 2.32. The van der Waals surface area contributed by atoms with E-state index in [1.807, 2.05) is 0 Å². The minimum atomic E-state index is -4.95. The third kappa shape index (κ3) is 4.79. The highest BCUT2D eigenvalue weighted by molar-refractivity contribution is 5.97. The van der Waals surface area contributed by atoms with E-state index in [4.69, 9.17) is 10.5 Å². The van der Waals surface area contributed by atoms with E-state index in [9.17, 15) is 35.9 Å². The van der Waals surface area contributed by atoms with Crippen LogP contribution in [0.25, 0.3) is 0 Å². The molecule has 4 atom stereocenters. The maximum absolute atomic E-state index is 13.9. The number of aromatic nitrogens is 1. The second-order valence-electron chi connectivity index (χ2n) is 7.80. The summed E-state index contributed by atoms with van der Waals surface area (Å²) in [6.45, 7) is -1.53. The number of alkyl halides is 5. The quantitative estimate of drug-likeness (QED) is 0.595. The molecule has 1 aliphatic rings. The third-order valence-electron chi connectivity index (χ3n) is 5.76. The number of rotatable bonds is 6. The van der Waals surface area contributed by atoms with Gasteiger partial charge >= 0.3 is 12.8 Å². The molecule has 1 fully saturated rings. The number of primary amides is 1. The van der Waals surface area contributed by atoms with Crippen molar-refractivity contribution in [2.45, 2.75) is 44.3 Å². The highest BCUT2D eigenvalue weighted by atomic mass is 19.4. The number of pyridine rings is 1. The van der Waals surface area contributed by atoms with Gasteiger partial charge in [0.05, 0.1) is 0 Å². The van der Waals surface area contributed by atoms with Crippen LogP contribution in [0.4, 0.5) is 32.0 Å². The topological polar surface area (TPSA) is 104 Å². The van der Waals surface area contributed by atoms with Crippen molar-refractivity contribution >= 4 is 17.5 Å². The van der Waals surface area contributed by atoms with Crippen LogP contribution in [-0.2, 0) is 9.53 Å². The van der Waals surface area contributed by atoms with Crippen LogP contribution >= 0.6 is 0 Å². The zero-order valence-electron chi connectivity index (χ0n) is 17.7. The first-order valence-corrected chi connectivity index (χ1v) is 9.80. The van der Waals surface area contributed by atoms with Crippen molar-refractivity contribution in [3.8, 4) is 5.75 Å². The van der Waals surface area contributed by atoms with Gasteiger partial charge in [0.1, 0.15) is 23.4 Å². The Morgan fingerprint density at radius 3 is 2.50 bits per heavy atom. The molecule has 34 heavy (non-hydrogen) atoms. The van der Waals surface area contributed by atoms with Crippen LogP contribution in [0.1, 0.15) is 35.8 Å². The first-order valence-electron chi connectivity index (χ1n) is 9.80. The number of ether oxygens (including phenoxy) is 2. The third-order valence-corrected chi connectivity index (χ3v) is 5.76. The molecule has 1 aromatic heterocycles. The first-order chi connectivity index (χ1) is 15.7. The van der Waals surface area contributed by atoms with E-state index in [1.165, 1.54) is 6.07 Å². The van der Waals surface area contributed by atoms with Gasteiger partial charge in [0, 0.05) is 35.3 Å². The van der Waals surface area contributed by atoms with Crippen molar-refractivity contribution in [2.75, 3.05) is 5.32 Å². The minimum absolute atomic E-state index is 0.0208. The zero-order valence-corrected chi connectivity index (χ0v) is 17.7. The highest BCUT2D eigenvalue weighted by Gasteiger charge is 2.65. The lowest BCUT2D eigenvalue weighted by atomic mass is 9.77. The number of hydrogen-bond donors (Lipinski definition) is 2. The second-order valence-corrected chi connectivity index (χ2v) is 7.80. The fraction of sp³-hybridized carbons (Fsp3) is 0.381. The van der Waals surface area contributed by atoms with Gasteiger partial charge in [-0.3, -0.25) is 14.6 Å². The molecule has 1 saturated heterocycles. The fourth-order valence-corrected chi connectivity index (χ4v) is 3.86. The summed E-state index contributed by atoms with van der Waals surface area (Å²) >= 11 is 0. The standard InChI is InChI=1S/C21H19F6N3O4/c1-9-15(12-4-3-10(22)7-14(12)33-19(23)24)16(34-20(9,2)21(25,26)27)18(32)30-11-5-6-29-13(8-11)17(28)31/h3-9,15-16,19H,1-2H3,(H2,28,31)(H,29,30,32). The first kappa shape index (κ1) is 25.3. The molecule has 2 heterocycles. The summed E-state index contributed by atoms with van der Waals surface area (Å²) in [6, 6.07) is 4.76. The van der Waals surface area contributed by atoms with E-state index in [0.29, 0.717) is 6.07 Å². The highest BCUT2D eigenvalue weighted by Crippen LogP contribution is 2.54. The molecule has 0 bridgehead atoms. The molecule has 0 spiro atoms. The Kier molecular flexibility index (Phi) is 6.78. The van der Waals surface area contributed by atoms with Gasteiger partial charge in [-0.15, -0.1) is 0 Å². The zero-order chi connectivity index (χ0) is 25.4. The molecular weight excluding hydrogens is 472 g/mol. The Balaban J connectivity index is 2.06. The Morgan fingerprint density at radius 1 is 1.24 bits per heavy atom. The molecule has 0 aliphatic carbocycles. The monoisotopic (exact) mass is 491 g/mol. The molecular formula is C21H19F6N3O4. The number of carbonyl (C=O) groups is 2. The molecule has 13 heteroatoms. The van der Waals surface area contributed by atoms with E-state index in [1.54, 1.807) is 0 Å². The molecule has 0 radical (unpaired) electrons. The van der Waals surface area contributed by atoms with E-state index < -0.39 is 59.7 Å². The van der Waals surface area contributed by atoms with E-state index in [0.717, 1.165) is 38.2 Å². The number of amides is 2. The lowest BCUT2D eigenvalue weighted by Crippen LogP contribution is -2.47. The van der Waals surface area contributed by atoms with Gasteiger partial charge in [-0.2, -0.15) is 22.0 Å². The largest absolute Gasteiger partial charge is 0.434 e. The van der Waals surface area contributed by atoms with Crippen LogP contribution in [0.5, 0.6) is 5.75 Å². The number of nitrogens with zero attached hydrogens (tertiary/aromatic N) is 1. The van der Waals surface area contributed by atoms with E-state index in [2.05, 4.69) is 15.0 Å². The Hall–Kier alpha value is -3.35. The van der Waals surface area contributed by atoms with Crippen LogP contribution in [0.3, 0.4) is 0 Å². The average Bonchev–Trinajstić information content (AvgIpc) is 3.00. The van der Waals surface area contributed by atoms with Crippen LogP contribution in [0, 0.1) is 11.7 Å². The Labute approximate surface area is 189 Å². The molecule has 1 aliphatic heterocycles. The maximum atomic E-state index is 13.9. The molecule has 184 valence electrons. The van der Waals surface area contributed by atoms with Crippen LogP contribution < -0.4 is 15.8 Å². The summed E-state index contributed by atoms with van der Waals surface area (Å²) < 4.78 is 90.9. The van der Waals surface area contributed by atoms with Gasteiger partial charge < -0.3 is 20.5 Å². The van der Waals surface area contributed by atoms with Crippen molar-refractivity contribution in [1.29, 1.82) is 0 Å². The molecule has 3 N–H and O–H groups in total. The minimum Gasteiger partial charge on any atom is -0.434 e. The molecule has 1 aromatic carbocycles. The number of hydrogen-bond acceptors (Lipinski definition) is 5. The van der Waals surface area contributed by atoms with Crippen LogP contribution in [0.15, 0.2) is 36.5 Å². The normalized spacial score (nSPS) is 24.8. The van der Waals surface area contributed by atoms with Crippen LogP contribution in [-0.4, -0.2) is 41.3 Å². The van der Waals surface area contributed by atoms with Gasteiger partial charge in [0.25, 0.3) is 11.8 Å². The number of carbonyl (C=O) groups excluding carboxylic acids is 2. The number of nitrogens with two attached hydrogens (primary N) is 1. The lowest BCUT2D eigenvalue weighted by Gasteiger charge is -2.32. The van der Waals surface area contributed by atoms with E-state index in [-0.39, 0.29) is 16.9 Å². The number of anilines is 1. The summed E-state index contributed by atoms with van der Waals surface area (Å²) in [7, 11) is 0. The molecule has 3 rings (SSSR count). The summed E-state index contributed by atoms with van der Waals surface area (Å²) in [5.41, 5.74) is 1.77.